The maximum absolute atomic E-state index is 11.6. The van der Waals surface area contributed by atoms with E-state index in [9.17, 15) is 9.59 Å². The van der Waals surface area contributed by atoms with Crippen molar-refractivity contribution in [2.24, 2.45) is 5.73 Å². The van der Waals surface area contributed by atoms with Crippen LogP contribution in [-0.4, -0.2) is 29.7 Å². The number of hydrogen-bond acceptors (Lipinski definition) is 3. The van der Waals surface area contributed by atoms with E-state index in [0.29, 0.717) is 31.0 Å². The maximum atomic E-state index is 11.6. The number of carbonyl (C=O) groups is 2. The molecule has 1 aromatic carbocycles. The van der Waals surface area contributed by atoms with Gasteiger partial charge >= 0.3 is 0 Å². The molecule has 0 aromatic heterocycles. The van der Waals surface area contributed by atoms with E-state index >= 15 is 0 Å². The minimum absolute atomic E-state index is 0.237. The summed E-state index contributed by atoms with van der Waals surface area (Å²) in [4.78, 5) is 24.8. The highest BCUT2D eigenvalue weighted by molar-refractivity contribution is 6.30. The average molecular weight is 267 g/mol. The van der Waals surface area contributed by atoms with Crippen LogP contribution in [0.15, 0.2) is 24.3 Å². The highest BCUT2D eigenvalue weighted by atomic mass is 35.5. The first kappa shape index (κ1) is 13.1. The van der Waals surface area contributed by atoms with Gasteiger partial charge in [-0.25, -0.2) is 0 Å². The molecule has 1 heterocycles. The molecule has 2 N–H and O–H groups in total. The van der Waals surface area contributed by atoms with Gasteiger partial charge in [0.25, 0.3) is 0 Å². The number of rotatable bonds is 3. The zero-order valence-electron chi connectivity index (χ0n) is 9.93. The van der Waals surface area contributed by atoms with Gasteiger partial charge < -0.3 is 5.73 Å². The number of primary amides is 1. The summed E-state index contributed by atoms with van der Waals surface area (Å²) >= 11 is 5.93. The second-order valence-electron chi connectivity index (χ2n) is 4.43. The summed E-state index contributed by atoms with van der Waals surface area (Å²) in [5.74, 6) is -0.174. The average Bonchev–Trinajstić information content (AvgIpc) is 2.32. The fourth-order valence-corrected chi connectivity index (χ4v) is 2.46. The van der Waals surface area contributed by atoms with E-state index in [1.165, 1.54) is 0 Å². The summed E-state index contributed by atoms with van der Waals surface area (Å²) < 4.78 is 0. The zero-order chi connectivity index (χ0) is 13.1. The van der Waals surface area contributed by atoms with E-state index in [1.807, 2.05) is 11.0 Å². The maximum Gasteiger partial charge on any atom is 0.239 e. The molecule has 0 radical (unpaired) electrons. The van der Waals surface area contributed by atoms with Gasteiger partial charge in [0.15, 0.2) is 0 Å². The minimum atomic E-state index is -0.503. The smallest absolute Gasteiger partial charge is 0.239 e. The number of ketones is 1. The number of carbonyl (C=O) groups excluding carboxylic acids is 2. The van der Waals surface area contributed by atoms with E-state index in [2.05, 4.69) is 0 Å². The Balaban J connectivity index is 2.23. The van der Waals surface area contributed by atoms with Gasteiger partial charge in [0.05, 0.1) is 0 Å². The number of piperidine rings is 1. The lowest BCUT2D eigenvalue weighted by Crippen LogP contribution is -2.42. The second kappa shape index (κ2) is 5.50. The molecule has 0 bridgehead atoms. The van der Waals surface area contributed by atoms with Gasteiger partial charge in [-0.3, -0.25) is 14.5 Å². The fraction of sp³-hybridized carbons (Fsp3) is 0.385. The van der Waals surface area contributed by atoms with E-state index < -0.39 is 11.9 Å². The molecular formula is C13H15ClN2O2. The number of amides is 1. The van der Waals surface area contributed by atoms with Crippen molar-refractivity contribution in [2.45, 2.75) is 18.9 Å². The third kappa shape index (κ3) is 2.89. The number of likely N-dealkylation sites (tertiary alicyclic amines) is 1. The van der Waals surface area contributed by atoms with Crippen LogP contribution in [0.2, 0.25) is 5.02 Å². The zero-order valence-corrected chi connectivity index (χ0v) is 10.7. The Bertz CT molecular complexity index is 466. The first-order chi connectivity index (χ1) is 8.58. The lowest BCUT2D eigenvalue weighted by molar-refractivity contribution is -0.128. The van der Waals surface area contributed by atoms with Crippen molar-refractivity contribution in [2.75, 3.05) is 13.1 Å². The van der Waals surface area contributed by atoms with Gasteiger partial charge in [-0.05, 0) is 17.7 Å². The summed E-state index contributed by atoms with van der Waals surface area (Å²) in [7, 11) is 0. The Morgan fingerprint density at radius 2 is 2.00 bits per heavy atom. The van der Waals surface area contributed by atoms with Crippen LogP contribution in [0.5, 0.6) is 0 Å². The highest BCUT2D eigenvalue weighted by Crippen LogP contribution is 2.25. The first-order valence-electron chi connectivity index (χ1n) is 5.88. The second-order valence-corrected chi connectivity index (χ2v) is 4.87. The van der Waals surface area contributed by atoms with Crippen molar-refractivity contribution in [3.05, 3.63) is 34.9 Å². The monoisotopic (exact) mass is 266 g/mol. The van der Waals surface area contributed by atoms with E-state index in [4.69, 9.17) is 17.3 Å². The molecular weight excluding hydrogens is 252 g/mol. The number of nitrogens with two attached hydrogens (primary N) is 1. The molecule has 96 valence electrons. The van der Waals surface area contributed by atoms with Gasteiger partial charge in [0, 0.05) is 31.0 Å². The molecule has 18 heavy (non-hydrogen) atoms. The van der Waals surface area contributed by atoms with Crippen LogP contribution in [0.25, 0.3) is 0 Å². The van der Waals surface area contributed by atoms with Gasteiger partial charge in [0.2, 0.25) is 5.91 Å². The van der Waals surface area contributed by atoms with Crippen LogP contribution in [0.1, 0.15) is 24.4 Å². The predicted octanol–water partition coefficient (Wildman–Crippen LogP) is 1.53. The van der Waals surface area contributed by atoms with E-state index in [-0.39, 0.29) is 5.78 Å². The van der Waals surface area contributed by atoms with Crippen LogP contribution < -0.4 is 5.73 Å². The molecule has 4 nitrogen and oxygen atoms in total. The molecule has 0 aliphatic carbocycles. The summed E-state index contributed by atoms with van der Waals surface area (Å²) in [6.07, 6.45) is 0.953. The molecule has 1 atom stereocenters. The quantitative estimate of drug-likeness (QED) is 0.902. The van der Waals surface area contributed by atoms with E-state index in [1.54, 1.807) is 18.2 Å². The lowest BCUT2D eigenvalue weighted by atomic mass is 10.0. The van der Waals surface area contributed by atoms with Gasteiger partial charge in [-0.1, -0.05) is 23.7 Å². The normalized spacial score (nSPS) is 18.6. The number of halogens is 1. The Hall–Kier alpha value is -1.39. The van der Waals surface area contributed by atoms with Crippen molar-refractivity contribution in [3.8, 4) is 0 Å². The van der Waals surface area contributed by atoms with E-state index in [0.717, 1.165) is 5.56 Å². The van der Waals surface area contributed by atoms with Crippen LogP contribution in [0, 0.1) is 0 Å². The number of Topliss-reactive ketones (excluding diaryl/α,β-unsaturated/α-hetero) is 1. The van der Waals surface area contributed by atoms with Gasteiger partial charge in [-0.2, -0.15) is 0 Å². The first-order valence-corrected chi connectivity index (χ1v) is 6.26. The van der Waals surface area contributed by atoms with Crippen LogP contribution >= 0.6 is 11.6 Å². The number of nitrogens with zero attached hydrogens (tertiary/aromatic N) is 1. The molecule has 1 aliphatic rings. The van der Waals surface area contributed by atoms with Crippen molar-refractivity contribution >= 4 is 23.3 Å². The van der Waals surface area contributed by atoms with Crippen LogP contribution in [0.4, 0.5) is 0 Å². The van der Waals surface area contributed by atoms with Crippen LogP contribution in [0.3, 0.4) is 0 Å². The van der Waals surface area contributed by atoms with Crippen LogP contribution in [-0.2, 0) is 9.59 Å². The molecule has 1 aromatic rings. The van der Waals surface area contributed by atoms with Gasteiger partial charge in [0.1, 0.15) is 11.8 Å². The summed E-state index contributed by atoms with van der Waals surface area (Å²) in [5.41, 5.74) is 6.26. The molecule has 1 saturated heterocycles. The standard InChI is InChI=1S/C13H15ClN2O2/c14-10-3-1-2-9(8-10)12(13(15)18)16-6-4-11(17)5-7-16/h1-3,8,12H,4-7H2,(H2,15,18). The molecule has 0 spiro atoms. The Kier molecular flexibility index (Phi) is 3.99. The Morgan fingerprint density at radius 3 is 2.56 bits per heavy atom. The topological polar surface area (TPSA) is 63.4 Å². The largest absolute Gasteiger partial charge is 0.368 e. The summed E-state index contributed by atoms with van der Waals surface area (Å²) in [6.45, 7) is 1.14. The molecule has 1 amide bonds. The summed E-state index contributed by atoms with van der Waals surface area (Å²) in [5, 5.41) is 0.576. The van der Waals surface area contributed by atoms with Crippen molar-refractivity contribution in [1.82, 2.24) is 4.90 Å². The fourth-order valence-electron chi connectivity index (χ4n) is 2.26. The highest BCUT2D eigenvalue weighted by Gasteiger charge is 2.28. The Labute approximate surface area is 111 Å². The van der Waals surface area contributed by atoms with Gasteiger partial charge in [-0.15, -0.1) is 0 Å². The predicted molar refractivity (Wildman–Crippen MR) is 69.2 cm³/mol. The molecule has 2 rings (SSSR count). The summed E-state index contributed by atoms with van der Waals surface area (Å²) in [6, 6.07) is 6.62. The molecule has 1 unspecified atom stereocenters. The molecule has 1 fully saturated rings. The molecule has 0 saturated carbocycles. The van der Waals surface area contributed by atoms with Crippen molar-refractivity contribution < 1.29 is 9.59 Å². The lowest BCUT2D eigenvalue weighted by Gasteiger charge is -2.32. The minimum Gasteiger partial charge on any atom is -0.368 e. The number of benzene rings is 1. The number of hydrogen-bond donors (Lipinski definition) is 1. The SMILES string of the molecule is NC(=O)C(c1cccc(Cl)c1)N1CCC(=O)CC1. The van der Waals surface area contributed by atoms with Crippen molar-refractivity contribution in [3.63, 3.8) is 0 Å². The molecule has 5 heteroatoms. The third-order valence-electron chi connectivity index (χ3n) is 3.15. The molecule has 1 aliphatic heterocycles. The third-order valence-corrected chi connectivity index (χ3v) is 3.39. The Morgan fingerprint density at radius 1 is 1.33 bits per heavy atom. The van der Waals surface area contributed by atoms with Crippen molar-refractivity contribution in [1.29, 1.82) is 0 Å².